The van der Waals surface area contributed by atoms with Crippen LogP contribution < -0.4 is 10.6 Å². The van der Waals surface area contributed by atoms with Crippen molar-refractivity contribution < 1.29 is 4.79 Å². The highest BCUT2D eigenvalue weighted by Gasteiger charge is 2.17. The highest BCUT2D eigenvalue weighted by Crippen LogP contribution is 2.19. The molecule has 3 rings (SSSR count). The van der Waals surface area contributed by atoms with Crippen LogP contribution in [0.2, 0.25) is 0 Å². The molecule has 1 fully saturated rings. The number of nitrogens with zero attached hydrogens (tertiary/aromatic N) is 1. The summed E-state index contributed by atoms with van der Waals surface area (Å²) in [5, 5.41) is 6.17. The summed E-state index contributed by atoms with van der Waals surface area (Å²) < 4.78 is 0. The zero-order chi connectivity index (χ0) is 14.7. The minimum atomic E-state index is -0.0524. The first kappa shape index (κ1) is 13.8. The van der Waals surface area contributed by atoms with Crippen LogP contribution in [0.15, 0.2) is 42.7 Å². The number of aryl methyl sites for hydroxylation is 1. The fraction of sp³-hybridized carbons (Fsp3) is 0.294. The lowest BCUT2D eigenvalue weighted by atomic mass is 10.0. The molecular formula is C17H19N3O. The maximum absolute atomic E-state index is 12.2. The molecule has 1 saturated heterocycles. The fourth-order valence-corrected chi connectivity index (χ4v) is 2.30. The monoisotopic (exact) mass is 281 g/mol. The average Bonchev–Trinajstić information content (AvgIpc) is 2.46. The van der Waals surface area contributed by atoms with Crippen molar-refractivity contribution in [1.82, 2.24) is 15.6 Å². The van der Waals surface area contributed by atoms with Crippen LogP contribution in [0.3, 0.4) is 0 Å². The van der Waals surface area contributed by atoms with Gasteiger partial charge in [0.15, 0.2) is 0 Å². The maximum atomic E-state index is 12.2. The Kier molecular flexibility index (Phi) is 3.97. The van der Waals surface area contributed by atoms with Crippen LogP contribution in [0.25, 0.3) is 11.1 Å². The third-order valence-electron chi connectivity index (χ3n) is 3.80. The second-order valence-corrected chi connectivity index (χ2v) is 5.56. The summed E-state index contributed by atoms with van der Waals surface area (Å²) in [7, 11) is 0. The van der Waals surface area contributed by atoms with Crippen molar-refractivity contribution in [2.75, 3.05) is 19.6 Å². The quantitative estimate of drug-likeness (QED) is 0.901. The SMILES string of the molecule is Cc1ccc(-c2cncc(C(=O)NCC3CNC3)c2)cc1. The summed E-state index contributed by atoms with van der Waals surface area (Å²) in [5.41, 5.74) is 3.87. The number of pyridine rings is 1. The van der Waals surface area contributed by atoms with E-state index in [2.05, 4.69) is 34.7 Å². The summed E-state index contributed by atoms with van der Waals surface area (Å²) >= 11 is 0. The number of amides is 1. The third-order valence-corrected chi connectivity index (χ3v) is 3.80. The van der Waals surface area contributed by atoms with E-state index in [4.69, 9.17) is 0 Å². The minimum Gasteiger partial charge on any atom is -0.352 e. The Morgan fingerprint density at radius 3 is 2.67 bits per heavy atom. The number of carbonyl (C=O) groups is 1. The molecule has 0 radical (unpaired) electrons. The molecule has 1 aliphatic rings. The van der Waals surface area contributed by atoms with E-state index in [1.807, 2.05) is 18.2 Å². The van der Waals surface area contributed by atoms with Crippen LogP contribution in [-0.4, -0.2) is 30.5 Å². The van der Waals surface area contributed by atoms with E-state index in [9.17, 15) is 4.79 Å². The fourth-order valence-electron chi connectivity index (χ4n) is 2.30. The predicted octanol–water partition coefficient (Wildman–Crippen LogP) is 2.01. The van der Waals surface area contributed by atoms with Crippen molar-refractivity contribution in [1.29, 1.82) is 0 Å². The van der Waals surface area contributed by atoms with Gasteiger partial charge in [-0.05, 0) is 18.6 Å². The van der Waals surface area contributed by atoms with Gasteiger partial charge in [-0.3, -0.25) is 9.78 Å². The first-order valence-electron chi connectivity index (χ1n) is 7.23. The molecule has 1 aromatic heterocycles. The van der Waals surface area contributed by atoms with Gasteiger partial charge in [0.25, 0.3) is 5.91 Å². The number of benzene rings is 1. The summed E-state index contributed by atoms with van der Waals surface area (Å²) in [6.07, 6.45) is 3.41. The Bertz CT molecular complexity index is 633. The molecule has 1 amide bonds. The molecule has 4 nitrogen and oxygen atoms in total. The molecule has 2 aromatic rings. The molecule has 1 aliphatic heterocycles. The molecule has 0 unspecified atom stereocenters. The Labute approximate surface area is 124 Å². The molecular weight excluding hydrogens is 262 g/mol. The highest BCUT2D eigenvalue weighted by atomic mass is 16.1. The van der Waals surface area contributed by atoms with Crippen molar-refractivity contribution in [2.45, 2.75) is 6.92 Å². The van der Waals surface area contributed by atoms with E-state index in [0.717, 1.165) is 30.8 Å². The van der Waals surface area contributed by atoms with Crippen molar-refractivity contribution in [3.63, 3.8) is 0 Å². The normalized spacial score (nSPS) is 14.5. The summed E-state index contributed by atoms with van der Waals surface area (Å²) in [6.45, 7) is 4.76. The lowest BCUT2D eigenvalue weighted by molar-refractivity contribution is 0.0942. The second-order valence-electron chi connectivity index (χ2n) is 5.56. The van der Waals surface area contributed by atoms with Gasteiger partial charge in [0.1, 0.15) is 0 Å². The highest BCUT2D eigenvalue weighted by molar-refractivity contribution is 5.95. The zero-order valence-electron chi connectivity index (χ0n) is 12.1. The number of nitrogens with one attached hydrogen (secondary N) is 2. The molecule has 0 bridgehead atoms. The van der Waals surface area contributed by atoms with E-state index < -0.39 is 0 Å². The number of hydrogen-bond acceptors (Lipinski definition) is 3. The summed E-state index contributed by atoms with van der Waals surface area (Å²) in [5.74, 6) is 0.505. The first-order chi connectivity index (χ1) is 10.2. The number of carbonyl (C=O) groups excluding carboxylic acids is 1. The van der Waals surface area contributed by atoms with Gasteiger partial charge in [0, 0.05) is 43.5 Å². The molecule has 0 spiro atoms. The smallest absolute Gasteiger partial charge is 0.252 e. The maximum Gasteiger partial charge on any atom is 0.252 e. The van der Waals surface area contributed by atoms with Gasteiger partial charge in [-0.2, -0.15) is 0 Å². The number of rotatable bonds is 4. The molecule has 2 heterocycles. The van der Waals surface area contributed by atoms with Crippen molar-refractivity contribution in [2.24, 2.45) is 5.92 Å². The Hall–Kier alpha value is -2.20. The molecule has 1 aromatic carbocycles. The zero-order valence-corrected chi connectivity index (χ0v) is 12.1. The van der Waals surface area contributed by atoms with E-state index in [1.165, 1.54) is 5.56 Å². The number of hydrogen-bond donors (Lipinski definition) is 2. The Balaban J connectivity index is 1.72. The molecule has 0 aliphatic carbocycles. The second kappa shape index (κ2) is 6.06. The lowest BCUT2D eigenvalue weighted by Gasteiger charge is -2.27. The van der Waals surface area contributed by atoms with Crippen molar-refractivity contribution >= 4 is 5.91 Å². The van der Waals surface area contributed by atoms with Gasteiger partial charge in [0.2, 0.25) is 0 Å². The third kappa shape index (κ3) is 3.28. The van der Waals surface area contributed by atoms with E-state index >= 15 is 0 Å². The topological polar surface area (TPSA) is 54.0 Å². The van der Waals surface area contributed by atoms with Crippen LogP contribution in [0.4, 0.5) is 0 Å². The number of aromatic nitrogens is 1. The van der Waals surface area contributed by atoms with Crippen LogP contribution in [0.5, 0.6) is 0 Å². The molecule has 4 heteroatoms. The average molecular weight is 281 g/mol. The molecule has 0 saturated carbocycles. The predicted molar refractivity (Wildman–Crippen MR) is 83.1 cm³/mol. The van der Waals surface area contributed by atoms with Gasteiger partial charge in [-0.25, -0.2) is 0 Å². The molecule has 0 atom stereocenters. The molecule has 2 N–H and O–H groups in total. The lowest BCUT2D eigenvalue weighted by Crippen LogP contribution is -2.48. The van der Waals surface area contributed by atoms with Gasteiger partial charge in [-0.1, -0.05) is 29.8 Å². The Morgan fingerprint density at radius 1 is 1.24 bits per heavy atom. The van der Waals surface area contributed by atoms with Crippen LogP contribution in [-0.2, 0) is 0 Å². The first-order valence-corrected chi connectivity index (χ1v) is 7.23. The van der Waals surface area contributed by atoms with Crippen LogP contribution in [0, 0.1) is 12.8 Å². The van der Waals surface area contributed by atoms with Gasteiger partial charge >= 0.3 is 0 Å². The largest absolute Gasteiger partial charge is 0.352 e. The Morgan fingerprint density at radius 2 is 2.00 bits per heavy atom. The van der Waals surface area contributed by atoms with Crippen molar-refractivity contribution in [3.8, 4) is 11.1 Å². The van der Waals surface area contributed by atoms with E-state index in [-0.39, 0.29) is 5.91 Å². The van der Waals surface area contributed by atoms with Crippen LogP contribution in [0.1, 0.15) is 15.9 Å². The van der Waals surface area contributed by atoms with Gasteiger partial charge in [-0.15, -0.1) is 0 Å². The summed E-state index contributed by atoms with van der Waals surface area (Å²) in [4.78, 5) is 16.3. The van der Waals surface area contributed by atoms with Crippen LogP contribution >= 0.6 is 0 Å². The van der Waals surface area contributed by atoms with Crippen molar-refractivity contribution in [3.05, 3.63) is 53.9 Å². The molecule has 21 heavy (non-hydrogen) atoms. The van der Waals surface area contributed by atoms with E-state index in [1.54, 1.807) is 12.4 Å². The summed E-state index contributed by atoms with van der Waals surface area (Å²) in [6, 6.07) is 10.1. The van der Waals surface area contributed by atoms with Gasteiger partial charge in [0.05, 0.1) is 5.56 Å². The van der Waals surface area contributed by atoms with Gasteiger partial charge < -0.3 is 10.6 Å². The van der Waals surface area contributed by atoms with E-state index in [0.29, 0.717) is 11.5 Å². The standard InChI is InChI=1S/C17H19N3O/c1-12-2-4-14(5-3-12)15-6-16(11-19-10-15)17(21)20-9-13-7-18-8-13/h2-6,10-11,13,18H,7-9H2,1H3,(H,20,21). The molecule has 108 valence electrons. The minimum absolute atomic E-state index is 0.0524.